The van der Waals surface area contributed by atoms with Crippen LogP contribution < -0.4 is 4.90 Å². The number of amides is 1. The van der Waals surface area contributed by atoms with E-state index in [-0.39, 0.29) is 17.2 Å². The highest BCUT2D eigenvalue weighted by molar-refractivity contribution is 6.13. The topological polar surface area (TPSA) is 40.5 Å². The molecule has 0 heterocycles. The van der Waals surface area contributed by atoms with Crippen LogP contribution in [0.2, 0.25) is 0 Å². The first-order valence-electron chi connectivity index (χ1n) is 8.40. The van der Waals surface area contributed by atoms with Gasteiger partial charge < -0.3 is 5.11 Å². The third-order valence-electron chi connectivity index (χ3n) is 4.33. The maximum Gasteiger partial charge on any atom is 0.266 e. The summed E-state index contributed by atoms with van der Waals surface area (Å²) in [5, 5.41) is 12.3. The van der Waals surface area contributed by atoms with Crippen LogP contribution in [0.4, 0.5) is 11.4 Å². The molecule has 26 heavy (non-hydrogen) atoms. The first-order chi connectivity index (χ1) is 12.7. The van der Waals surface area contributed by atoms with Gasteiger partial charge in [-0.3, -0.25) is 9.69 Å². The van der Waals surface area contributed by atoms with Crippen LogP contribution >= 0.6 is 0 Å². The largest absolute Gasteiger partial charge is 0.507 e. The van der Waals surface area contributed by atoms with Crippen LogP contribution in [-0.4, -0.2) is 11.0 Å². The number of hydrogen-bond donors (Lipinski definition) is 1. The fourth-order valence-corrected chi connectivity index (χ4v) is 3.06. The third kappa shape index (κ3) is 2.91. The van der Waals surface area contributed by atoms with Crippen LogP contribution in [-0.2, 0) is 0 Å². The number of anilines is 2. The second-order valence-electron chi connectivity index (χ2n) is 6.03. The summed E-state index contributed by atoms with van der Waals surface area (Å²) >= 11 is 0. The molecule has 0 saturated heterocycles. The first kappa shape index (κ1) is 15.9. The summed E-state index contributed by atoms with van der Waals surface area (Å²) in [5.74, 6) is -0.295. The highest BCUT2D eigenvalue weighted by Gasteiger charge is 2.22. The number of benzene rings is 4. The quantitative estimate of drug-likeness (QED) is 0.533. The van der Waals surface area contributed by atoms with Crippen molar-refractivity contribution in [3.63, 3.8) is 0 Å². The van der Waals surface area contributed by atoms with Gasteiger partial charge in [0.25, 0.3) is 5.91 Å². The van der Waals surface area contributed by atoms with E-state index >= 15 is 0 Å². The molecule has 0 unspecified atom stereocenters. The van der Waals surface area contributed by atoms with E-state index in [4.69, 9.17) is 0 Å². The van der Waals surface area contributed by atoms with Crippen LogP contribution in [0.1, 0.15) is 10.4 Å². The molecule has 3 heteroatoms. The standard InChI is InChI=1S/C23H17NO2/c25-22-16-18-10-8-7-9-17(18)15-21(22)23(26)24(19-11-3-1-4-12-19)20-13-5-2-6-14-20/h1-16,25H. The van der Waals surface area contributed by atoms with Crippen molar-refractivity contribution < 1.29 is 9.90 Å². The van der Waals surface area contributed by atoms with E-state index in [0.29, 0.717) is 0 Å². The number of phenols is 1. The molecule has 3 nitrogen and oxygen atoms in total. The van der Waals surface area contributed by atoms with Gasteiger partial charge in [0, 0.05) is 11.4 Å². The molecule has 0 bridgehead atoms. The van der Waals surface area contributed by atoms with Gasteiger partial charge in [0.1, 0.15) is 5.75 Å². The second-order valence-corrected chi connectivity index (χ2v) is 6.03. The maximum absolute atomic E-state index is 13.4. The Morgan fingerprint density at radius 1 is 0.654 bits per heavy atom. The molecule has 0 aliphatic rings. The van der Waals surface area contributed by atoms with E-state index in [0.717, 1.165) is 22.1 Å². The van der Waals surface area contributed by atoms with Crippen LogP contribution in [0.15, 0.2) is 97.1 Å². The van der Waals surface area contributed by atoms with Crippen LogP contribution in [0.25, 0.3) is 10.8 Å². The Kier molecular flexibility index (Phi) is 4.12. The lowest BCUT2D eigenvalue weighted by atomic mass is 10.0. The van der Waals surface area contributed by atoms with E-state index in [9.17, 15) is 9.90 Å². The SMILES string of the molecule is O=C(c1cc2ccccc2cc1O)N(c1ccccc1)c1ccccc1. The van der Waals surface area contributed by atoms with Gasteiger partial charge in [-0.2, -0.15) is 0 Å². The van der Waals surface area contributed by atoms with Gasteiger partial charge in [0.15, 0.2) is 0 Å². The lowest BCUT2D eigenvalue weighted by molar-refractivity contribution is 0.0997. The van der Waals surface area contributed by atoms with E-state index < -0.39 is 0 Å². The fraction of sp³-hybridized carbons (Fsp3) is 0. The zero-order chi connectivity index (χ0) is 17.9. The third-order valence-corrected chi connectivity index (χ3v) is 4.33. The molecule has 126 valence electrons. The number of fused-ring (bicyclic) bond motifs is 1. The highest BCUT2D eigenvalue weighted by atomic mass is 16.3. The fourth-order valence-electron chi connectivity index (χ4n) is 3.06. The molecule has 0 radical (unpaired) electrons. The lowest BCUT2D eigenvalue weighted by Gasteiger charge is -2.23. The molecule has 0 spiro atoms. The van der Waals surface area contributed by atoms with Gasteiger partial charge in [-0.15, -0.1) is 0 Å². The first-order valence-corrected chi connectivity index (χ1v) is 8.40. The van der Waals surface area contributed by atoms with Gasteiger partial charge in [-0.05, 0) is 47.2 Å². The minimum atomic E-state index is -0.273. The molecule has 0 fully saturated rings. The second kappa shape index (κ2) is 6.73. The van der Waals surface area contributed by atoms with Crippen molar-refractivity contribution in [1.29, 1.82) is 0 Å². The Hall–Kier alpha value is -3.59. The maximum atomic E-state index is 13.4. The predicted octanol–water partition coefficient (Wildman–Crippen LogP) is 5.52. The van der Waals surface area contributed by atoms with Crippen molar-refractivity contribution in [2.45, 2.75) is 0 Å². The van der Waals surface area contributed by atoms with Crippen molar-refractivity contribution in [2.75, 3.05) is 4.90 Å². The van der Waals surface area contributed by atoms with Gasteiger partial charge in [-0.25, -0.2) is 0 Å². The van der Waals surface area contributed by atoms with Crippen molar-refractivity contribution >= 4 is 28.1 Å². The van der Waals surface area contributed by atoms with Crippen molar-refractivity contribution in [1.82, 2.24) is 0 Å². The minimum absolute atomic E-state index is 0.0226. The molecular formula is C23H17NO2. The van der Waals surface area contributed by atoms with Gasteiger partial charge >= 0.3 is 0 Å². The average Bonchev–Trinajstić information content (AvgIpc) is 2.69. The molecule has 0 aliphatic carbocycles. The molecule has 0 aromatic heterocycles. The number of para-hydroxylation sites is 2. The molecule has 0 aliphatic heterocycles. The average molecular weight is 339 g/mol. The predicted molar refractivity (Wildman–Crippen MR) is 105 cm³/mol. The number of carbonyl (C=O) groups excluding carboxylic acids is 1. The van der Waals surface area contributed by atoms with Gasteiger partial charge in [0.05, 0.1) is 5.56 Å². The van der Waals surface area contributed by atoms with Gasteiger partial charge in [0.2, 0.25) is 0 Å². The molecule has 4 aromatic rings. The number of rotatable bonds is 3. The zero-order valence-corrected chi connectivity index (χ0v) is 14.0. The van der Waals surface area contributed by atoms with Crippen LogP contribution in [0, 0.1) is 0 Å². The summed E-state index contributed by atoms with van der Waals surface area (Å²) in [5.41, 5.74) is 1.77. The smallest absolute Gasteiger partial charge is 0.266 e. The molecule has 1 N–H and O–H groups in total. The monoisotopic (exact) mass is 339 g/mol. The molecule has 4 aromatic carbocycles. The Morgan fingerprint density at radius 3 is 1.65 bits per heavy atom. The van der Waals surface area contributed by atoms with Crippen molar-refractivity contribution in [2.24, 2.45) is 0 Å². The van der Waals surface area contributed by atoms with E-state index in [2.05, 4.69) is 0 Å². The summed E-state index contributed by atoms with van der Waals surface area (Å²) in [4.78, 5) is 15.0. The molecule has 4 rings (SSSR count). The van der Waals surface area contributed by atoms with Crippen LogP contribution in [0.5, 0.6) is 5.75 Å². The summed E-state index contributed by atoms with van der Waals surface area (Å²) < 4.78 is 0. The lowest BCUT2D eigenvalue weighted by Crippen LogP contribution is -2.26. The normalized spacial score (nSPS) is 10.6. The van der Waals surface area contributed by atoms with Crippen LogP contribution in [0.3, 0.4) is 0 Å². The minimum Gasteiger partial charge on any atom is -0.507 e. The Balaban J connectivity index is 1.86. The molecular weight excluding hydrogens is 322 g/mol. The number of carbonyl (C=O) groups is 1. The number of phenolic OH excluding ortho intramolecular Hbond substituents is 1. The summed E-state index contributed by atoms with van der Waals surface area (Å²) in [7, 11) is 0. The van der Waals surface area contributed by atoms with Crippen molar-refractivity contribution in [3.05, 3.63) is 103 Å². The molecule has 1 amide bonds. The summed E-state index contributed by atoms with van der Waals surface area (Å²) in [6.45, 7) is 0. The van der Waals surface area contributed by atoms with Crippen molar-refractivity contribution in [3.8, 4) is 5.75 Å². The zero-order valence-electron chi connectivity index (χ0n) is 14.0. The Morgan fingerprint density at radius 2 is 1.12 bits per heavy atom. The molecule has 0 saturated carbocycles. The number of nitrogens with zero attached hydrogens (tertiary/aromatic N) is 1. The van der Waals surface area contributed by atoms with E-state index in [1.165, 1.54) is 0 Å². The van der Waals surface area contributed by atoms with Gasteiger partial charge in [-0.1, -0.05) is 60.7 Å². The molecule has 0 atom stereocenters. The Bertz CT molecular complexity index is 1020. The summed E-state index contributed by atoms with van der Waals surface area (Å²) in [6, 6.07) is 29.9. The number of hydrogen-bond acceptors (Lipinski definition) is 2. The highest BCUT2D eigenvalue weighted by Crippen LogP contribution is 2.32. The van der Waals surface area contributed by atoms with E-state index in [1.807, 2.05) is 84.9 Å². The van der Waals surface area contributed by atoms with E-state index in [1.54, 1.807) is 17.0 Å². The Labute approximate surface area is 151 Å². The summed E-state index contributed by atoms with van der Waals surface area (Å²) in [6.07, 6.45) is 0. The number of aromatic hydroxyl groups is 1.